The third-order valence-electron chi connectivity index (χ3n) is 5.96. The Morgan fingerprint density at radius 1 is 1.26 bits per heavy atom. The van der Waals surface area contributed by atoms with Crippen LogP contribution in [-0.4, -0.2) is 50.4 Å². The van der Waals surface area contributed by atoms with Crippen LogP contribution in [0.25, 0.3) is 10.9 Å². The van der Waals surface area contributed by atoms with E-state index >= 15 is 0 Å². The van der Waals surface area contributed by atoms with Crippen LogP contribution in [0.3, 0.4) is 0 Å². The number of anilines is 1. The van der Waals surface area contributed by atoms with Crippen molar-refractivity contribution in [3.63, 3.8) is 0 Å². The normalized spacial score (nSPS) is 15.1. The van der Waals surface area contributed by atoms with E-state index in [1.54, 1.807) is 17.0 Å². The first kappa shape index (κ1) is 24.3. The van der Waals surface area contributed by atoms with Crippen molar-refractivity contribution in [3.8, 4) is 0 Å². The number of nitrogens with zero attached hydrogens (tertiary/aromatic N) is 2. The van der Waals surface area contributed by atoms with Crippen LogP contribution in [0, 0.1) is 6.92 Å². The Bertz CT molecular complexity index is 1350. The Morgan fingerprint density at radius 2 is 1.94 bits per heavy atom. The average molecular weight is 505 g/mol. The highest BCUT2D eigenvalue weighted by Crippen LogP contribution is 2.34. The minimum absolute atomic E-state index is 0.00905. The summed E-state index contributed by atoms with van der Waals surface area (Å²) in [6, 6.07) is 11.5. The van der Waals surface area contributed by atoms with Crippen LogP contribution in [-0.2, 0) is 35.9 Å². The zero-order chi connectivity index (χ0) is 24.6. The summed E-state index contributed by atoms with van der Waals surface area (Å²) in [4.78, 5) is 25.6. The SMILES string of the molecule is Cc1cc(Cl)c2cc(N(C=O)[C@H](C)c3ccc(S(=O)(=O)CC(=O)OC4COC4)cc3)n(C)c2c1. The van der Waals surface area contributed by atoms with Crippen LogP contribution in [0.4, 0.5) is 5.82 Å². The molecule has 1 aliphatic rings. The predicted octanol–water partition coefficient (Wildman–Crippen LogP) is 3.58. The number of aromatic nitrogens is 1. The van der Waals surface area contributed by atoms with E-state index in [-0.39, 0.29) is 30.3 Å². The molecule has 8 nitrogen and oxygen atoms in total. The number of esters is 1. The van der Waals surface area contributed by atoms with Gasteiger partial charge in [0.1, 0.15) is 11.9 Å². The predicted molar refractivity (Wildman–Crippen MR) is 129 cm³/mol. The number of hydrogen-bond donors (Lipinski definition) is 0. The lowest BCUT2D eigenvalue weighted by atomic mass is 10.1. The van der Waals surface area contributed by atoms with Gasteiger partial charge in [0.05, 0.1) is 34.7 Å². The molecule has 0 spiro atoms. The number of benzene rings is 2. The van der Waals surface area contributed by atoms with Crippen molar-refractivity contribution >= 4 is 50.5 Å². The van der Waals surface area contributed by atoms with Crippen molar-refractivity contribution in [2.45, 2.75) is 30.9 Å². The number of hydrogen-bond acceptors (Lipinski definition) is 6. The van der Waals surface area contributed by atoms with Crippen molar-refractivity contribution in [3.05, 3.63) is 58.6 Å². The van der Waals surface area contributed by atoms with Crippen molar-refractivity contribution in [2.75, 3.05) is 23.9 Å². The molecule has 1 saturated heterocycles. The van der Waals surface area contributed by atoms with Crippen LogP contribution in [0.2, 0.25) is 5.02 Å². The first-order valence-electron chi connectivity index (χ1n) is 10.7. The molecular weight excluding hydrogens is 480 g/mol. The molecule has 4 rings (SSSR count). The van der Waals surface area contributed by atoms with E-state index in [0.717, 1.165) is 28.4 Å². The average Bonchev–Trinajstić information content (AvgIpc) is 3.08. The number of ether oxygens (including phenoxy) is 2. The molecule has 0 unspecified atom stereocenters. The largest absolute Gasteiger partial charge is 0.457 e. The fourth-order valence-corrected chi connectivity index (χ4v) is 5.37. The number of carbonyl (C=O) groups is 2. The molecule has 1 amide bonds. The monoisotopic (exact) mass is 504 g/mol. The van der Waals surface area contributed by atoms with E-state index < -0.39 is 21.6 Å². The van der Waals surface area contributed by atoms with Crippen LogP contribution in [0.5, 0.6) is 0 Å². The number of aryl methyl sites for hydroxylation is 2. The number of rotatable bonds is 8. The maximum absolute atomic E-state index is 12.6. The topological polar surface area (TPSA) is 94.9 Å². The quantitative estimate of drug-likeness (QED) is 0.344. The van der Waals surface area contributed by atoms with E-state index in [9.17, 15) is 18.0 Å². The lowest BCUT2D eigenvalue weighted by molar-refractivity contribution is -0.169. The molecule has 180 valence electrons. The van der Waals surface area contributed by atoms with Gasteiger partial charge in [0, 0.05) is 12.4 Å². The number of sulfone groups is 1. The molecule has 2 aromatic carbocycles. The second-order valence-corrected chi connectivity index (χ2v) is 10.8. The molecule has 0 aliphatic carbocycles. The summed E-state index contributed by atoms with van der Waals surface area (Å²) in [7, 11) is -2.00. The molecule has 0 saturated carbocycles. The van der Waals surface area contributed by atoms with Gasteiger partial charge in [-0.15, -0.1) is 0 Å². The van der Waals surface area contributed by atoms with Gasteiger partial charge in [-0.25, -0.2) is 8.42 Å². The van der Waals surface area contributed by atoms with E-state index in [4.69, 9.17) is 21.1 Å². The van der Waals surface area contributed by atoms with Crippen molar-refractivity contribution in [1.29, 1.82) is 0 Å². The summed E-state index contributed by atoms with van der Waals surface area (Å²) in [6.07, 6.45) is 0.359. The van der Waals surface area contributed by atoms with E-state index in [1.807, 2.05) is 43.7 Å². The number of halogens is 1. The Labute approximate surface area is 202 Å². The molecule has 0 radical (unpaired) electrons. The highest BCUT2D eigenvalue weighted by atomic mass is 35.5. The second kappa shape index (κ2) is 9.40. The standard InChI is InChI=1S/C24H25ClN2O6S/c1-15-8-21(25)20-10-23(26(3)22(20)9-15)27(14-28)16(2)17-4-6-19(7-5-17)34(30,31)13-24(29)33-18-11-32-12-18/h4-10,14,16,18H,11-13H2,1-3H3/t16-/m1/s1. The molecule has 1 aliphatic heterocycles. The fraction of sp³-hybridized carbons (Fsp3) is 0.333. The van der Waals surface area contributed by atoms with Crippen molar-refractivity contribution in [2.24, 2.45) is 7.05 Å². The summed E-state index contributed by atoms with van der Waals surface area (Å²) in [5, 5.41) is 1.44. The van der Waals surface area contributed by atoms with E-state index in [0.29, 0.717) is 10.8 Å². The van der Waals surface area contributed by atoms with Crippen LogP contribution in [0.15, 0.2) is 47.4 Å². The Morgan fingerprint density at radius 3 is 2.53 bits per heavy atom. The van der Waals surface area contributed by atoms with Gasteiger partial charge < -0.3 is 14.0 Å². The maximum atomic E-state index is 12.6. The van der Waals surface area contributed by atoms with E-state index in [1.165, 1.54) is 12.1 Å². The van der Waals surface area contributed by atoms with Gasteiger partial charge in [-0.1, -0.05) is 23.7 Å². The fourth-order valence-electron chi connectivity index (χ4n) is 3.95. The molecule has 10 heteroatoms. The van der Waals surface area contributed by atoms with Gasteiger partial charge in [-0.05, 0) is 55.3 Å². The van der Waals surface area contributed by atoms with E-state index in [2.05, 4.69) is 0 Å². The van der Waals surface area contributed by atoms with Gasteiger partial charge in [0.15, 0.2) is 15.6 Å². The first-order valence-corrected chi connectivity index (χ1v) is 12.7. The minimum atomic E-state index is -3.86. The summed E-state index contributed by atoms with van der Waals surface area (Å²) in [5.41, 5.74) is 2.64. The van der Waals surface area contributed by atoms with Crippen molar-refractivity contribution in [1.82, 2.24) is 4.57 Å². The number of carbonyl (C=O) groups excluding carboxylic acids is 2. The van der Waals surface area contributed by atoms with Gasteiger partial charge in [-0.3, -0.25) is 14.5 Å². The Hall–Kier alpha value is -2.88. The Kier molecular flexibility index (Phi) is 6.71. The first-order chi connectivity index (χ1) is 16.1. The molecule has 1 atom stereocenters. The van der Waals surface area contributed by atoms with Gasteiger partial charge in [-0.2, -0.15) is 0 Å². The highest BCUT2D eigenvalue weighted by Gasteiger charge is 2.27. The van der Waals surface area contributed by atoms with Crippen LogP contribution in [0.1, 0.15) is 24.1 Å². The zero-order valence-electron chi connectivity index (χ0n) is 19.0. The number of fused-ring (bicyclic) bond motifs is 1. The van der Waals surface area contributed by atoms with Gasteiger partial charge in [0.25, 0.3) is 0 Å². The third kappa shape index (κ3) is 4.68. The smallest absolute Gasteiger partial charge is 0.321 e. The van der Waals surface area contributed by atoms with Crippen molar-refractivity contribution < 1.29 is 27.5 Å². The van der Waals surface area contributed by atoms with Crippen LogP contribution >= 0.6 is 11.6 Å². The molecule has 0 N–H and O–H groups in total. The summed E-state index contributed by atoms with van der Waals surface area (Å²) in [6.45, 7) is 4.37. The second-order valence-electron chi connectivity index (χ2n) is 8.41. The third-order valence-corrected chi connectivity index (χ3v) is 7.88. The summed E-state index contributed by atoms with van der Waals surface area (Å²) >= 11 is 6.41. The minimum Gasteiger partial charge on any atom is -0.457 e. The van der Waals surface area contributed by atoms with Gasteiger partial charge >= 0.3 is 5.97 Å². The van der Waals surface area contributed by atoms with Gasteiger partial charge in [0.2, 0.25) is 6.41 Å². The Balaban J connectivity index is 1.55. The summed E-state index contributed by atoms with van der Waals surface area (Å²) < 4.78 is 37.1. The summed E-state index contributed by atoms with van der Waals surface area (Å²) in [5.74, 6) is -0.887. The zero-order valence-corrected chi connectivity index (χ0v) is 20.6. The maximum Gasteiger partial charge on any atom is 0.321 e. The lowest BCUT2D eigenvalue weighted by Gasteiger charge is -2.26. The molecule has 0 bridgehead atoms. The molecule has 1 aromatic heterocycles. The molecule has 1 fully saturated rings. The molecule has 34 heavy (non-hydrogen) atoms. The highest BCUT2D eigenvalue weighted by molar-refractivity contribution is 7.92. The number of amides is 1. The lowest BCUT2D eigenvalue weighted by Crippen LogP contribution is -2.39. The molecule has 3 aromatic rings. The molecular formula is C24H25ClN2O6S. The molecule has 2 heterocycles. The van der Waals surface area contributed by atoms with Crippen LogP contribution < -0.4 is 4.90 Å².